The summed E-state index contributed by atoms with van der Waals surface area (Å²) in [4.78, 5) is 28.6. The van der Waals surface area contributed by atoms with E-state index in [0.717, 1.165) is 18.5 Å². The number of amides is 2. The van der Waals surface area contributed by atoms with Gasteiger partial charge in [-0.15, -0.1) is 0 Å². The minimum atomic E-state index is -0.548. The Morgan fingerprint density at radius 1 is 1.31 bits per heavy atom. The Morgan fingerprint density at radius 2 is 2.00 bits per heavy atom. The van der Waals surface area contributed by atoms with E-state index in [1.54, 1.807) is 17.0 Å². The van der Waals surface area contributed by atoms with Crippen LogP contribution in [0.2, 0.25) is 5.02 Å². The first-order chi connectivity index (χ1) is 12.1. The third kappa shape index (κ3) is 5.53. The van der Waals surface area contributed by atoms with Gasteiger partial charge in [0, 0.05) is 32.2 Å². The molecule has 0 aromatic heterocycles. The van der Waals surface area contributed by atoms with E-state index in [9.17, 15) is 9.59 Å². The number of nitrogens with one attached hydrogen (secondary N) is 1. The van der Waals surface area contributed by atoms with Gasteiger partial charge in [-0.3, -0.25) is 4.79 Å². The molecular formula is C19H28ClN3O3. The molecule has 2 rings (SSSR count). The van der Waals surface area contributed by atoms with Crippen molar-refractivity contribution in [3.8, 4) is 0 Å². The standard InChI is InChI=1S/C19H28ClN3O3/c1-19(2,3)26-18(25)23-10-6-7-13(12-23)17(24)21-15-11-14(20)8-9-16(15)22(4)5/h8-9,11,13H,6-7,10,12H2,1-5H3,(H,21,24). The monoisotopic (exact) mass is 381 g/mol. The van der Waals surface area contributed by atoms with E-state index < -0.39 is 5.60 Å². The zero-order valence-corrected chi connectivity index (χ0v) is 16.9. The van der Waals surface area contributed by atoms with Crippen LogP contribution in [-0.4, -0.2) is 49.7 Å². The van der Waals surface area contributed by atoms with E-state index in [1.165, 1.54) is 0 Å². The van der Waals surface area contributed by atoms with Crippen LogP contribution in [0.1, 0.15) is 33.6 Å². The van der Waals surface area contributed by atoms with E-state index >= 15 is 0 Å². The van der Waals surface area contributed by atoms with Gasteiger partial charge >= 0.3 is 6.09 Å². The summed E-state index contributed by atoms with van der Waals surface area (Å²) >= 11 is 6.08. The molecule has 1 heterocycles. The highest BCUT2D eigenvalue weighted by atomic mass is 35.5. The largest absolute Gasteiger partial charge is 0.444 e. The van der Waals surface area contributed by atoms with Crippen LogP contribution in [0.15, 0.2) is 18.2 Å². The molecule has 7 heteroatoms. The number of nitrogens with zero attached hydrogens (tertiary/aromatic N) is 2. The fourth-order valence-electron chi connectivity index (χ4n) is 2.92. The lowest BCUT2D eigenvalue weighted by Gasteiger charge is -2.33. The number of hydrogen-bond acceptors (Lipinski definition) is 4. The Labute approximate surface area is 160 Å². The number of halogens is 1. The highest BCUT2D eigenvalue weighted by molar-refractivity contribution is 6.31. The number of carbonyl (C=O) groups is 2. The average Bonchev–Trinajstić information content (AvgIpc) is 2.53. The summed E-state index contributed by atoms with van der Waals surface area (Å²) in [5, 5.41) is 3.53. The SMILES string of the molecule is CN(C)c1ccc(Cl)cc1NC(=O)C1CCCN(C(=O)OC(C)(C)C)C1. The molecule has 26 heavy (non-hydrogen) atoms. The topological polar surface area (TPSA) is 61.9 Å². The maximum Gasteiger partial charge on any atom is 0.410 e. The molecule has 1 saturated heterocycles. The van der Waals surface area contributed by atoms with Crippen molar-refractivity contribution in [3.63, 3.8) is 0 Å². The zero-order chi connectivity index (χ0) is 19.5. The predicted molar refractivity (Wildman–Crippen MR) is 105 cm³/mol. The van der Waals surface area contributed by atoms with Crippen LogP contribution in [0.3, 0.4) is 0 Å². The van der Waals surface area contributed by atoms with Crippen LogP contribution >= 0.6 is 11.6 Å². The van der Waals surface area contributed by atoms with Crippen molar-refractivity contribution in [2.45, 2.75) is 39.2 Å². The number of ether oxygens (including phenoxy) is 1. The molecule has 1 unspecified atom stereocenters. The van der Waals surface area contributed by atoms with Gasteiger partial charge < -0.3 is 19.9 Å². The highest BCUT2D eigenvalue weighted by Crippen LogP contribution is 2.29. The van der Waals surface area contributed by atoms with Gasteiger partial charge in [-0.2, -0.15) is 0 Å². The Kier molecular flexibility index (Phi) is 6.39. The number of anilines is 2. The van der Waals surface area contributed by atoms with Crippen molar-refractivity contribution < 1.29 is 14.3 Å². The van der Waals surface area contributed by atoms with Crippen molar-refractivity contribution in [2.75, 3.05) is 37.4 Å². The molecule has 0 aliphatic carbocycles. The summed E-state index contributed by atoms with van der Waals surface area (Å²) in [5.41, 5.74) is 0.998. The number of hydrogen-bond donors (Lipinski definition) is 1. The third-order valence-electron chi connectivity index (χ3n) is 4.14. The molecule has 0 bridgehead atoms. The summed E-state index contributed by atoms with van der Waals surface area (Å²) < 4.78 is 5.42. The average molecular weight is 382 g/mol. The number of rotatable bonds is 3. The van der Waals surface area contributed by atoms with E-state index in [2.05, 4.69) is 5.32 Å². The second kappa shape index (κ2) is 8.16. The molecule has 1 fully saturated rings. The first-order valence-corrected chi connectivity index (χ1v) is 9.20. The fraction of sp³-hybridized carbons (Fsp3) is 0.579. The predicted octanol–water partition coefficient (Wildman–Crippen LogP) is 3.99. The van der Waals surface area contributed by atoms with E-state index in [0.29, 0.717) is 23.8 Å². The van der Waals surface area contributed by atoms with Crippen LogP contribution in [0.5, 0.6) is 0 Å². The first-order valence-electron chi connectivity index (χ1n) is 8.82. The van der Waals surface area contributed by atoms with Gasteiger partial charge in [0.25, 0.3) is 0 Å². The Morgan fingerprint density at radius 3 is 2.62 bits per heavy atom. The van der Waals surface area contributed by atoms with Crippen LogP contribution in [-0.2, 0) is 9.53 Å². The van der Waals surface area contributed by atoms with Gasteiger partial charge in [-0.05, 0) is 51.8 Å². The summed E-state index contributed by atoms with van der Waals surface area (Å²) in [6, 6.07) is 5.40. The maximum atomic E-state index is 12.8. The number of piperidine rings is 1. The van der Waals surface area contributed by atoms with Crippen LogP contribution in [0, 0.1) is 5.92 Å². The van der Waals surface area contributed by atoms with E-state index in [-0.39, 0.29) is 17.9 Å². The van der Waals surface area contributed by atoms with Crippen molar-refractivity contribution in [2.24, 2.45) is 5.92 Å². The lowest BCUT2D eigenvalue weighted by Crippen LogP contribution is -2.45. The molecule has 1 aromatic carbocycles. The van der Waals surface area contributed by atoms with Crippen LogP contribution in [0.25, 0.3) is 0 Å². The molecule has 1 N–H and O–H groups in total. The molecule has 1 aromatic rings. The molecule has 1 aliphatic heterocycles. The Bertz CT molecular complexity index is 670. The van der Waals surface area contributed by atoms with Gasteiger partial charge in [0.2, 0.25) is 5.91 Å². The summed E-state index contributed by atoms with van der Waals surface area (Å²) in [5.74, 6) is -0.381. The molecule has 1 atom stereocenters. The molecular weight excluding hydrogens is 354 g/mol. The quantitative estimate of drug-likeness (QED) is 0.859. The van der Waals surface area contributed by atoms with Crippen molar-refractivity contribution in [1.82, 2.24) is 4.90 Å². The normalized spacial score (nSPS) is 17.6. The van der Waals surface area contributed by atoms with Gasteiger partial charge in [-0.1, -0.05) is 11.6 Å². The first kappa shape index (κ1) is 20.4. The molecule has 144 valence electrons. The summed E-state index contributed by atoms with van der Waals surface area (Å²) in [6.07, 6.45) is 1.14. The van der Waals surface area contributed by atoms with Crippen LogP contribution < -0.4 is 10.2 Å². The zero-order valence-electron chi connectivity index (χ0n) is 16.1. The van der Waals surface area contributed by atoms with Crippen molar-refractivity contribution in [3.05, 3.63) is 23.2 Å². The number of likely N-dealkylation sites (tertiary alicyclic amines) is 1. The highest BCUT2D eigenvalue weighted by Gasteiger charge is 2.31. The summed E-state index contributed by atoms with van der Waals surface area (Å²) in [6.45, 7) is 6.47. The molecule has 0 radical (unpaired) electrons. The molecule has 2 amide bonds. The van der Waals surface area contributed by atoms with E-state index in [1.807, 2.05) is 45.8 Å². The Balaban J connectivity index is 2.06. The Hall–Kier alpha value is -1.95. The lowest BCUT2D eigenvalue weighted by atomic mass is 9.97. The minimum absolute atomic E-state index is 0.108. The van der Waals surface area contributed by atoms with Crippen LogP contribution in [0.4, 0.5) is 16.2 Å². The third-order valence-corrected chi connectivity index (χ3v) is 4.38. The second-order valence-electron chi connectivity index (χ2n) is 7.81. The fourth-order valence-corrected chi connectivity index (χ4v) is 3.09. The number of carbonyl (C=O) groups excluding carboxylic acids is 2. The van der Waals surface area contributed by atoms with Gasteiger partial charge in [0.1, 0.15) is 5.60 Å². The van der Waals surface area contributed by atoms with Gasteiger partial charge in [-0.25, -0.2) is 4.79 Å². The smallest absolute Gasteiger partial charge is 0.410 e. The van der Waals surface area contributed by atoms with Crippen molar-refractivity contribution in [1.29, 1.82) is 0 Å². The van der Waals surface area contributed by atoms with E-state index in [4.69, 9.17) is 16.3 Å². The summed E-state index contributed by atoms with van der Waals surface area (Å²) in [7, 11) is 3.81. The maximum absolute atomic E-state index is 12.8. The molecule has 6 nitrogen and oxygen atoms in total. The van der Waals surface area contributed by atoms with Gasteiger partial charge in [0.05, 0.1) is 17.3 Å². The minimum Gasteiger partial charge on any atom is -0.444 e. The lowest BCUT2D eigenvalue weighted by molar-refractivity contribution is -0.121. The molecule has 0 spiro atoms. The molecule has 1 aliphatic rings. The number of benzene rings is 1. The van der Waals surface area contributed by atoms with Crippen molar-refractivity contribution >= 4 is 35.0 Å². The second-order valence-corrected chi connectivity index (χ2v) is 8.25. The molecule has 0 saturated carbocycles. The van der Waals surface area contributed by atoms with Gasteiger partial charge in [0.15, 0.2) is 0 Å².